The van der Waals surface area contributed by atoms with E-state index in [1.165, 1.54) is 5.56 Å². The van der Waals surface area contributed by atoms with Crippen molar-refractivity contribution in [2.75, 3.05) is 20.2 Å². The van der Waals surface area contributed by atoms with Crippen molar-refractivity contribution in [3.8, 4) is 5.75 Å². The summed E-state index contributed by atoms with van der Waals surface area (Å²) in [7, 11) is 1.64. The van der Waals surface area contributed by atoms with Crippen LogP contribution < -0.4 is 10.1 Å². The molecule has 1 N–H and O–H groups in total. The minimum absolute atomic E-state index is 0.0347. The molecule has 0 radical (unpaired) electrons. The molecule has 6 nitrogen and oxygen atoms in total. The lowest BCUT2D eigenvalue weighted by molar-refractivity contribution is -0.0550. The second kappa shape index (κ2) is 8.85. The Balaban J connectivity index is 1.27. The Kier molecular flexibility index (Phi) is 6.13. The molecule has 0 atom stereocenters. The third kappa shape index (κ3) is 4.90. The Morgan fingerprint density at radius 2 is 1.75 bits per heavy atom. The number of urea groups is 1. The molecule has 2 aromatic rings. The van der Waals surface area contributed by atoms with E-state index in [9.17, 15) is 4.79 Å². The monoisotopic (exact) mass is 435 g/mol. The molecule has 6 heteroatoms. The fourth-order valence-electron chi connectivity index (χ4n) is 4.26. The molecule has 4 rings (SSSR count). The highest BCUT2D eigenvalue weighted by atomic mass is 16.7. The van der Waals surface area contributed by atoms with E-state index in [4.69, 9.17) is 9.57 Å². The van der Waals surface area contributed by atoms with Gasteiger partial charge >= 0.3 is 6.03 Å². The van der Waals surface area contributed by atoms with Gasteiger partial charge in [0, 0.05) is 38.9 Å². The number of likely N-dealkylation sites (tertiary alicyclic amines) is 1. The van der Waals surface area contributed by atoms with Gasteiger partial charge < -0.3 is 19.8 Å². The summed E-state index contributed by atoms with van der Waals surface area (Å²) in [5, 5.41) is 7.44. The molecule has 170 valence electrons. The van der Waals surface area contributed by atoms with Gasteiger partial charge in [0.25, 0.3) is 0 Å². The molecule has 2 amide bonds. The maximum absolute atomic E-state index is 12.6. The van der Waals surface area contributed by atoms with Gasteiger partial charge in [-0.3, -0.25) is 0 Å². The average molecular weight is 436 g/mol. The Hall–Kier alpha value is -3.02. The van der Waals surface area contributed by atoms with Crippen molar-refractivity contribution in [2.24, 2.45) is 5.16 Å². The first-order valence-corrected chi connectivity index (χ1v) is 11.3. The molecule has 32 heavy (non-hydrogen) atoms. The third-order valence-corrected chi connectivity index (χ3v) is 6.49. The van der Waals surface area contributed by atoms with Crippen molar-refractivity contribution < 1.29 is 14.4 Å². The minimum Gasteiger partial charge on any atom is -0.497 e. The van der Waals surface area contributed by atoms with Crippen molar-refractivity contribution in [1.29, 1.82) is 0 Å². The summed E-state index contributed by atoms with van der Waals surface area (Å²) >= 11 is 0. The summed E-state index contributed by atoms with van der Waals surface area (Å²) in [5.74, 6) is 0.810. The topological polar surface area (TPSA) is 63.2 Å². The highest BCUT2D eigenvalue weighted by molar-refractivity contribution is 6.01. The molecule has 0 bridgehead atoms. The lowest BCUT2D eigenvalue weighted by Gasteiger charge is -2.37. The Morgan fingerprint density at radius 1 is 1.09 bits per heavy atom. The summed E-state index contributed by atoms with van der Waals surface area (Å²) in [6.07, 6.45) is 2.37. The number of carbonyl (C=O) groups excluding carboxylic acids is 1. The average Bonchev–Trinajstić information content (AvgIpc) is 3.21. The first-order valence-electron chi connectivity index (χ1n) is 11.3. The lowest BCUT2D eigenvalue weighted by Crippen LogP contribution is -2.49. The molecule has 2 aliphatic heterocycles. The first-order chi connectivity index (χ1) is 15.3. The van der Waals surface area contributed by atoms with Gasteiger partial charge in [-0.1, -0.05) is 62.3 Å². The van der Waals surface area contributed by atoms with Crippen LogP contribution in [0.4, 0.5) is 4.79 Å². The molecule has 1 saturated heterocycles. The Morgan fingerprint density at radius 3 is 2.34 bits per heavy atom. The zero-order valence-corrected chi connectivity index (χ0v) is 19.5. The maximum atomic E-state index is 12.6. The van der Waals surface area contributed by atoms with Crippen LogP contribution in [0.1, 0.15) is 56.7 Å². The summed E-state index contributed by atoms with van der Waals surface area (Å²) in [4.78, 5) is 20.4. The van der Waals surface area contributed by atoms with Gasteiger partial charge in [-0.05, 0) is 34.2 Å². The van der Waals surface area contributed by atoms with Crippen molar-refractivity contribution in [2.45, 2.75) is 57.6 Å². The van der Waals surface area contributed by atoms with Gasteiger partial charge in [0.15, 0.2) is 0 Å². The lowest BCUT2D eigenvalue weighted by atomic mass is 9.84. The van der Waals surface area contributed by atoms with Gasteiger partial charge in [0.1, 0.15) is 11.4 Å². The van der Waals surface area contributed by atoms with E-state index >= 15 is 0 Å². The van der Waals surface area contributed by atoms with E-state index in [-0.39, 0.29) is 17.0 Å². The van der Waals surface area contributed by atoms with E-state index in [2.05, 4.69) is 55.5 Å². The van der Waals surface area contributed by atoms with Crippen molar-refractivity contribution in [3.63, 3.8) is 0 Å². The molecule has 2 heterocycles. The summed E-state index contributed by atoms with van der Waals surface area (Å²) in [6, 6.07) is 16.3. The van der Waals surface area contributed by atoms with Crippen LogP contribution in [0.25, 0.3) is 0 Å². The minimum atomic E-state index is -0.287. The van der Waals surface area contributed by atoms with Crippen LogP contribution in [0.3, 0.4) is 0 Å². The molecule has 1 fully saturated rings. The number of hydrogen-bond acceptors (Lipinski definition) is 4. The number of oxime groups is 1. The SMILES string of the molecule is COc1ccc(CNC(=O)N2CCC3(CC2)CC(c2ccc(C(C)(C)C)cc2)=NO3)cc1. The number of hydrogen-bond donors (Lipinski definition) is 1. The fourth-order valence-corrected chi connectivity index (χ4v) is 4.26. The van der Waals surface area contributed by atoms with Gasteiger partial charge in [-0.25, -0.2) is 4.79 Å². The number of methoxy groups -OCH3 is 1. The zero-order valence-electron chi connectivity index (χ0n) is 19.5. The standard InChI is InChI=1S/C26H33N3O3/c1-25(2,3)21-9-7-20(8-10-21)23-17-26(32-28-23)13-15-29(16-14-26)24(30)27-18-19-5-11-22(31-4)12-6-19/h5-12H,13-18H2,1-4H3,(H,27,30). The second-order valence-electron chi connectivity index (χ2n) is 9.81. The smallest absolute Gasteiger partial charge is 0.317 e. The molecule has 2 aliphatic rings. The first kappa shape index (κ1) is 22.2. The molecule has 0 saturated carbocycles. The molecular formula is C26H33N3O3. The van der Waals surface area contributed by atoms with E-state index in [1.807, 2.05) is 29.2 Å². The number of nitrogens with zero attached hydrogens (tertiary/aromatic N) is 2. The predicted octanol–water partition coefficient (Wildman–Crippen LogP) is 4.86. The third-order valence-electron chi connectivity index (χ3n) is 6.49. The van der Waals surface area contributed by atoms with Crippen LogP contribution >= 0.6 is 0 Å². The zero-order chi connectivity index (χ0) is 22.8. The molecule has 0 unspecified atom stereocenters. The van der Waals surface area contributed by atoms with E-state index in [0.717, 1.165) is 41.9 Å². The van der Waals surface area contributed by atoms with Crippen molar-refractivity contribution >= 4 is 11.7 Å². The highest BCUT2D eigenvalue weighted by Crippen LogP contribution is 2.36. The number of ether oxygens (including phenoxy) is 1. The number of benzene rings is 2. The van der Waals surface area contributed by atoms with Crippen LogP contribution in [0.5, 0.6) is 5.75 Å². The quantitative estimate of drug-likeness (QED) is 0.746. The number of amides is 2. The van der Waals surface area contributed by atoms with Crippen LogP contribution in [0, 0.1) is 0 Å². The highest BCUT2D eigenvalue weighted by Gasteiger charge is 2.43. The largest absolute Gasteiger partial charge is 0.497 e. The van der Waals surface area contributed by atoms with E-state index < -0.39 is 0 Å². The van der Waals surface area contributed by atoms with Gasteiger partial charge in [0.2, 0.25) is 0 Å². The Labute approximate surface area is 190 Å². The summed E-state index contributed by atoms with van der Waals surface area (Å²) in [5.41, 5.74) is 4.32. The van der Waals surface area contributed by atoms with Crippen LogP contribution in [-0.2, 0) is 16.8 Å². The predicted molar refractivity (Wildman–Crippen MR) is 126 cm³/mol. The van der Waals surface area contributed by atoms with Crippen LogP contribution in [-0.4, -0.2) is 42.4 Å². The fraction of sp³-hybridized carbons (Fsp3) is 0.462. The van der Waals surface area contributed by atoms with Crippen LogP contribution in [0.15, 0.2) is 53.7 Å². The second-order valence-corrected chi connectivity index (χ2v) is 9.81. The Bertz CT molecular complexity index is 967. The number of piperidine rings is 1. The van der Waals surface area contributed by atoms with Gasteiger partial charge in [0.05, 0.1) is 12.8 Å². The van der Waals surface area contributed by atoms with Crippen molar-refractivity contribution in [1.82, 2.24) is 10.2 Å². The molecular weight excluding hydrogens is 402 g/mol. The van der Waals surface area contributed by atoms with Crippen molar-refractivity contribution in [3.05, 3.63) is 65.2 Å². The van der Waals surface area contributed by atoms with E-state index in [1.54, 1.807) is 7.11 Å². The number of nitrogens with one attached hydrogen (secondary N) is 1. The van der Waals surface area contributed by atoms with Crippen LogP contribution in [0.2, 0.25) is 0 Å². The molecule has 0 aromatic heterocycles. The summed E-state index contributed by atoms with van der Waals surface area (Å²) in [6.45, 7) is 8.48. The number of rotatable bonds is 4. The summed E-state index contributed by atoms with van der Waals surface area (Å²) < 4.78 is 5.17. The number of carbonyl (C=O) groups is 1. The van der Waals surface area contributed by atoms with Gasteiger partial charge in [-0.2, -0.15) is 0 Å². The molecule has 1 spiro atoms. The maximum Gasteiger partial charge on any atom is 0.317 e. The van der Waals surface area contributed by atoms with E-state index in [0.29, 0.717) is 19.6 Å². The normalized spacial score (nSPS) is 17.6. The molecule has 2 aromatic carbocycles. The molecule has 0 aliphatic carbocycles. The van der Waals surface area contributed by atoms with Gasteiger partial charge in [-0.15, -0.1) is 0 Å².